The lowest BCUT2D eigenvalue weighted by Gasteiger charge is -2.49. The molecule has 254 valence electrons. The Labute approximate surface area is 297 Å². The van der Waals surface area contributed by atoms with E-state index < -0.39 is 29.2 Å². The number of carbonyl (C=O) groups is 3. The van der Waals surface area contributed by atoms with Gasteiger partial charge in [0.05, 0.1) is 23.7 Å². The fraction of sp³-hybridized carbons (Fsp3) is 0.323. The van der Waals surface area contributed by atoms with Crippen LogP contribution in [0.3, 0.4) is 0 Å². The molecule has 0 aliphatic carbocycles. The summed E-state index contributed by atoms with van der Waals surface area (Å²) in [6, 6.07) is 5.23. The minimum atomic E-state index is -1.21. The molecule has 2 saturated heterocycles. The van der Waals surface area contributed by atoms with Crippen molar-refractivity contribution in [2.45, 2.75) is 37.3 Å². The van der Waals surface area contributed by atoms with Gasteiger partial charge in [0.1, 0.15) is 34.3 Å². The first-order valence-electron chi connectivity index (χ1n) is 15.3. The molecule has 0 spiro atoms. The summed E-state index contributed by atoms with van der Waals surface area (Å²) < 4.78 is 4.24. The predicted octanol–water partition coefficient (Wildman–Crippen LogP) is 2.95. The highest BCUT2D eigenvalue weighted by Crippen LogP contribution is 2.40. The standard InChI is InChI=1S/C31H30ClN9O5S3/c1-46-37-23(22-26(32)49-31(33)36-22)27(42)35-24-28(43)41-25(30(44)45)19(16-48-29(24)41)13-38-8-5-21-18(12-38)4-9-39(21)14-20-10-17(15-47-20)11-34-40-6-2-3-7-40/h4-5,8-12,15,24,29H,2-3,6-7,13-14,16H2,1H3,(H3-,33,35,36,42,44,45)/p+1/b34-11?,37-23-/t24-,29-/m1/s1. The second-order valence-electron chi connectivity index (χ2n) is 11.6. The van der Waals surface area contributed by atoms with Gasteiger partial charge in [-0.25, -0.2) is 14.3 Å². The third kappa shape index (κ3) is 6.62. The fourth-order valence-electron chi connectivity index (χ4n) is 6.09. The summed E-state index contributed by atoms with van der Waals surface area (Å²) in [5.74, 6) is -2.15. The summed E-state index contributed by atoms with van der Waals surface area (Å²) in [6.45, 7) is 3.03. The van der Waals surface area contributed by atoms with E-state index in [2.05, 4.69) is 41.6 Å². The minimum Gasteiger partial charge on any atom is -0.477 e. The summed E-state index contributed by atoms with van der Waals surface area (Å²) in [5, 5.41) is 25.9. The highest BCUT2D eigenvalue weighted by Gasteiger charge is 2.55. The second kappa shape index (κ2) is 13.8. The Morgan fingerprint density at radius 3 is 2.86 bits per heavy atom. The monoisotopic (exact) mass is 740 g/mol. The van der Waals surface area contributed by atoms with Gasteiger partial charge in [0.25, 0.3) is 11.8 Å². The third-order valence-corrected chi connectivity index (χ3v) is 11.7. The van der Waals surface area contributed by atoms with E-state index in [-0.39, 0.29) is 33.1 Å². The maximum absolute atomic E-state index is 13.3. The zero-order chi connectivity index (χ0) is 34.2. The molecular weight excluding hydrogens is 710 g/mol. The summed E-state index contributed by atoms with van der Waals surface area (Å²) in [4.78, 5) is 50.3. The van der Waals surface area contributed by atoms with Crippen molar-refractivity contribution in [1.82, 2.24) is 24.8 Å². The highest BCUT2D eigenvalue weighted by atomic mass is 35.5. The molecule has 2 fully saturated rings. The van der Waals surface area contributed by atoms with Crippen LogP contribution < -0.4 is 15.6 Å². The number of amides is 2. The van der Waals surface area contributed by atoms with E-state index >= 15 is 0 Å². The maximum Gasteiger partial charge on any atom is 0.352 e. The summed E-state index contributed by atoms with van der Waals surface area (Å²) in [6.07, 6.45) is 10.3. The number of nitrogens with two attached hydrogens (primary N) is 1. The Balaban J connectivity index is 1.04. The predicted molar refractivity (Wildman–Crippen MR) is 189 cm³/mol. The van der Waals surface area contributed by atoms with Crippen molar-refractivity contribution in [3.8, 4) is 0 Å². The van der Waals surface area contributed by atoms with Crippen molar-refractivity contribution in [2.24, 2.45) is 10.3 Å². The quantitative estimate of drug-likeness (QED) is 0.0905. The number of nitrogen functional groups attached to an aromatic ring is 1. The number of rotatable bonds is 11. The first kappa shape index (κ1) is 33.1. The van der Waals surface area contributed by atoms with Gasteiger partial charge in [-0.05, 0) is 30.4 Å². The van der Waals surface area contributed by atoms with E-state index in [1.165, 1.54) is 41.5 Å². The van der Waals surface area contributed by atoms with Crippen LogP contribution in [0.4, 0.5) is 5.13 Å². The number of nitrogens with zero attached hydrogens (tertiary/aromatic N) is 7. The van der Waals surface area contributed by atoms with E-state index in [0.717, 1.165) is 47.4 Å². The fourth-order valence-corrected chi connectivity index (χ4v) is 9.19. The van der Waals surface area contributed by atoms with Crippen LogP contribution in [-0.2, 0) is 32.3 Å². The molecular formula is C31H31ClN9O5S3+. The maximum atomic E-state index is 13.3. The Hall–Kier alpha value is -4.45. The molecule has 18 heteroatoms. The van der Waals surface area contributed by atoms with E-state index in [1.54, 1.807) is 11.3 Å². The number of fused-ring (bicyclic) bond motifs is 2. The number of carboxylic acid groups (broad SMARTS) is 1. The van der Waals surface area contributed by atoms with Crippen molar-refractivity contribution in [3.05, 3.63) is 73.9 Å². The molecule has 0 unspecified atom stereocenters. The molecule has 0 saturated carbocycles. The van der Waals surface area contributed by atoms with Crippen molar-refractivity contribution in [2.75, 3.05) is 31.7 Å². The third-order valence-electron chi connectivity index (χ3n) is 8.35. The number of pyridine rings is 1. The largest absolute Gasteiger partial charge is 0.477 e. The molecule has 3 aliphatic heterocycles. The number of oxime groups is 1. The summed E-state index contributed by atoms with van der Waals surface area (Å²) >= 11 is 10.2. The number of thiazole rings is 1. The van der Waals surface area contributed by atoms with Gasteiger partial charge in [0.15, 0.2) is 29.8 Å². The lowest BCUT2D eigenvalue weighted by Crippen LogP contribution is -2.71. The smallest absolute Gasteiger partial charge is 0.352 e. The average Bonchev–Trinajstić information content (AvgIpc) is 3.90. The van der Waals surface area contributed by atoms with E-state index in [9.17, 15) is 19.5 Å². The zero-order valence-electron chi connectivity index (χ0n) is 26.1. The second-order valence-corrected chi connectivity index (χ2v) is 15.3. The molecule has 7 rings (SSSR count). The molecule has 4 aromatic heterocycles. The van der Waals surface area contributed by atoms with Crippen LogP contribution in [-0.4, -0.2) is 91.6 Å². The number of carbonyl (C=O) groups excluding carboxylic acids is 2. The number of thioether (sulfide) groups is 1. The number of thiophene rings is 1. The molecule has 0 bridgehead atoms. The van der Waals surface area contributed by atoms with Crippen LogP contribution in [0.5, 0.6) is 0 Å². The van der Waals surface area contributed by atoms with Crippen molar-refractivity contribution < 1.29 is 28.9 Å². The Morgan fingerprint density at radius 1 is 1.31 bits per heavy atom. The molecule has 7 heterocycles. The molecule has 4 N–H and O–H groups in total. The molecule has 14 nitrogen and oxygen atoms in total. The van der Waals surface area contributed by atoms with Gasteiger partial charge in [-0.3, -0.25) is 19.5 Å². The van der Waals surface area contributed by atoms with Crippen molar-refractivity contribution in [1.29, 1.82) is 0 Å². The lowest BCUT2D eigenvalue weighted by atomic mass is 10.0. The topological polar surface area (TPSA) is 172 Å². The van der Waals surface area contributed by atoms with Crippen LogP contribution >= 0.6 is 46.0 Å². The van der Waals surface area contributed by atoms with Gasteiger partial charge in [-0.2, -0.15) is 5.10 Å². The van der Waals surface area contributed by atoms with Gasteiger partial charge in [0, 0.05) is 47.1 Å². The van der Waals surface area contributed by atoms with Crippen LogP contribution in [0.15, 0.2) is 63.7 Å². The first-order chi connectivity index (χ1) is 23.7. The zero-order valence-corrected chi connectivity index (χ0v) is 29.3. The molecule has 2 atom stereocenters. The molecule has 49 heavy (non-hydrogen) atoms. The van der Waals surface area contributed by atoms with Crippen LogP contribution in [0.25, 0.3) is 10.9 Å². The Kier molecular flexibility index (Phi) is 9.32. The first-order valence-corrected chi connectivity index (χ1v) is 18.4. The van der Waals surface area contributed by atoms with Gasteiger partial charge >= 0.3 is 5.97 Å². The Bertz CT molecular complexity index is 2050. The number of hydrogen-bond donors (Lipinski definition) is 3. The normalized spacial score (nSPS) is 19.6. The molecule has 3 aliphatic rings. The average molecular weight is 741 g/mol. The number of β-lactam (4-membered cyclic amide) rings is 1. The van der Waals surface area contributed by atoms with E-state index in [1.807, 2.05) is 41.5 Å². The van der Waals surface area contributed by atoms with Crippen molar-refractivity contribution >= 4 is 91.8 Å². The molecule has 2 amide bonds. The summed E-state index contributed by atoms with van der Waals surface area (Å²) in [7, 11) is 1.26. The van der Waals surface area contributed by atoms with Crippen LogP contribution in [0, 0.1) is 0 Å². The van der Waals surface area contributed by atoms with Gasteiger partial charge in [-0.15, -0.1) is 23.1 Å². The highest BCUT2D eigenvalue weighted by molar-refractivity contribution is 8.00. The van der Waals surface area contributed by atoms with Crippen LogP contribution in [0.2, 0.25) is 4.34 Å². The number of carboxylic acids is 1. The SMILES string of the molecule is CO/N=C(\C(=O)N[C@@H]1C(=O)N2C(C(=O)O)=C(C[n+]3ccc4c(ccn4Cc4cc(C=NN5CCCC5)cs4)c3)CS[C@H]12)c1nc(N)sc1Cl. The number of nitrogens with one attached hydrogen (secondary N) is 1. The minimum absolute atomic E-state index is 0.0279. The van der Waals surface area contributed by atoms with Gasteiger partial charge in [-0.1, -0.05) is 28.1 Å². The number of hydrazone groups is 1. The van der Waals surface area contributed by atoms with E-state index in [0.29, 0.717) is 11.3 Å². The Morgan fingerprint density at radius 2 is 2.12 bits per heavy atom. The summed E-state index contributed by atoms with van der Waals surface area (Å²) in [5.41, 5.74) is 8.16. The number of aromatic nitrogens is 3. The number of halogens is 1. The van der Waals surface area contributed by atoms with Crippen molar-refractivity contribution in [3.63, 3.8) is 0 Å². The van der Waals surface area contributed by atoms with Gasteiger partial charge in [0.2, 0.25) is 0 Å². The molecule has 0 radical (unpaired) electrons. The number of hydrogen-bond acceptors (Lipinski definition) is 12. The lowest BCUT2D eigenvalue weighted by molar-refractivity contribution is -0.687. The van der Waals surface area contributed by atoms with Gasteiger partial charge < -0.3 is 25.6 Å². The molecule has 0 aromatic carbocycles. The number of aliphatic carboxylic acids is 1. The number of anilines is 1. The van der Waals surface area contributed by atoms with Crippen LogP contribution in [0.1, 0.15) is 29.0 Å². The van der Waals surface area contributed by atoms with E-state index in [4.69, 9.17) is 22.2 Å². The molecule has 4 aromatic rings.